The number of nitrogens with one attached hydrogen (secondary N) is 2. The van der Waals surface area contributed by atoms with Crippen LogP contribution in [0.25, 0.3) is 0 Å². The average Bonchev–Trinajstić information content (AvgIpc) is 4.06. The summed E-state index contributed by atoms with van der Waals surface area (Å²) in [6.07, 6.45) is 1.27. The third-order valence-electron chi connectivity index (χ3n) is 11.4. The number of hydrogen-bond acceptors (Lipinski definition) is 12. The van der Waals surface area contributed by atoms with Crippen molar-refractivity contribution < 1.29 is 28.7 Å². The fourth-order valence-electron chi connectivity index (χ4n) is 8.29. The molecule has 0 aliphatic carbocycles. The number of hydrogen-bond donors (Lipinski definition) is 2. The third-order valence-corrected chi connectivity index (χ3v) is 14.8. The summed E-state index contributed by atoms with van der Waals surface area (Å²) in [6.45, 7) is 0.709. The molecule has 2 unspecified atom stereocenters. The first kappa shape index (κ1) is 43.1. The first-order valence-electron chi connectivity index (χ1n) is 21.0. The fraction of sp³-hybridized carbons (Fsp3) is 0.220. The predicted octanol–water partition coefficient (Wildman–Crippen LogP) is 8.75. The maximum absolute atomic E-state index is 14.5. The van der Waals surface area contributed by atoms with Crippen molar-refractivity contribution in [2.24, 2.45) is 5.16 Å². The molecule has 14 heteroatoms. The van der Waals surface area contributed by atoms with Crippen LogP contribution in [0.5, 0.6) is 0 Å². The van der Waals surface area contributed by atoms with E-state index < -0.39 is 40.8 Å². The highest BCUT2D eigenvalue weighted by atomic mass is 32.2. The molecule has 11 nitrogen and oxygen atoms in total. The van der Waals surface area contributed by atoms with E-state index in [2.05, 4.69) is 52.2 Å². The summed E-state index contributed by atoms with van der Waals surface area (Å²) in [6, 6.07) is 48.6. The average molecular weight is 908 g/mol. The van der Waals surface area contributed by atoms with Crippen LogP contribution >= 0.6 is 34.9 Å². The number of oxime groups is 1. The maximum atomic E-state index is 14.5. The number of amides is 2. The summed E-state index contributed by atoms with van der Waals surface area (Å²) in [5.41, 5.74) is 4.09. The van der Waals surface area contributed by atoms with Gasteiger partial charge in [-0.3, -0.25) is 14.5 Å². The van der Waals surface area contributed by atoms with E-state index in [-0.39, 0.29) is 23.2 Å². The molecule has 4 heterocycles. The molecule has 0 bridgehead atoms. The number of nitrogens with zero attached hydrogens (tertiary/aromatic N) is 3. The number of benzene rings is 5. The van der Waals surface area contributed by atoms with Gasteiger partial charge in [0.05, 0.1) is 6.10 Å². The van der Waals surface area contributed by atoms with Gasteiger partial charge in [0, 0.05) is 28.4 Å². The number of aromatic nitrogens is 1. The van der Waals surface area contributed by atoms with Gasteiger partial charge in [-0.05, 0) is 40.7 Å². The molecule has 0 radical (unpaired) electrons. The summed E-state index contributed by atoms with van der Waals surface area (Å²) in [7, 11) is 1.36. The minimum absolute atomic E-state index is 0.0596. The van der Waals surface area contributed by atoms with Crippen molar-refractivity contribution in [3.63, 3.8) is 0 Å². The van der Waals surface area contributed by atoms with E-state index in [0.29, 0.717) is 23.2 Å². The van der Waals surface area contributed by atoms with Crippen molar-refractivity contribution in [2.45, 2.75) is 42.0 Å². The highest BCUT2D eigenvalue weighted by molar-refractivity contribution is 8.06. The minimum Gasteiger partial charge on any atom is -0.448 e. The van der Waals surface area contributed by atoms with Crippen LogP contribution in [-0.4, -0.2) is 76.1 Å². The smallest absolute Gasteiger partial charge is 0.356 e. The molecule has 324 valence electrons. The predicted molar refractivity (Wildman–Crippen MR) is 253 cm³/mol. The van der Waals surface area contributed by atoms with Crippen molar-refractivity contribution in [3.8, 4) is 0 Å². The molecule has 1 aromatic heterocycles. The number of thioether (sulfide) groups is 2. The number of anilines is 1. The Balaban J connectivity index is 0.973. The Bertz CT molecular complexity index is 2490. The molecule has 2 N–H and O–H groups in total. The SMILES string of the molecule is CON=C(C(=O)NC1C(=O)N2C(C(=O)OC(c3ccccc3)c3ccccc3)=C(SCC3CCCO3)CS[C@@H]12)c1csc(NC(c2ccccc2)(c2ccccc2)c2ccccc2)n1. The largest absolute Gasteiger partial charge is 0.448 e. The lowest BCUT2D eigenvalue weighted by molar-refractivity contribution is -0.154. The first-order valence-corrected chi connectivity index (χ1v) is 23.9. The van der Waals surface area contributed by atoms with Crippen LogP contribution < -0.4 is 10.6 Å². The molecule has 2 saturated heterocycles. The van der Waals surface area contributed by atoms with E-state index in [1.54, 1.807) is 5.38 Å². The monoisotopic (exact) mass is 907 g/mol. The lowest BCUT2D eigenvalue weighted by Gasteiger charge is -2.49. The summed E-state index contributed by atoms with van der Waals surface area (Å²) < 4.78 is 12.3. The molecule has 0 spiro atoms. The van der Waals surface area contributed by atoms with Crippen LogP contribution in [0, 0.1) is 0 Å². The zero-order valence-electron chi connectivity index (χ0n) is 34.9. The van der Waals surface area contributed by atoms with E-state index in [4.69, 9.17) is 19.3 Å². The van der Waals surface area contributed by atoms with E-state index in [9.17, 15) is 14.4 Å². The van der Waals surface area contributed by atoms with Crippen molar-refractivity contribution in [1.29, 1.82) is 0 Å². The normalized spacial score (nSPS) is 18.6. The van der Waals surface area contributed by atoms with Gasteiger partial charge in [-0.25, -0.2) is 9.78 Å². The fourth-order valence-corrected chi connectivity index (χ4v) is 11.7. The number of thiazole rings is 1. The lowest BCUT2D eigenvalue weighted by Crippen LogP contribution is -2.71. The number of ether oxygens (including phenoxy) is 2. The molecule has 3 aliphatic rings. The van der Waals surface area contributed by atoms with Crippen LogP contribution in [0.3, 0.4) is 0 Å². The Labute approximate surface area is 384 Å². The molecule has 9 rings (SSSR count). The van der Waals surface area contributed by atoms with E-state index in [1.807, 2.05) is 115 Å². The summed E-state index contributed by atoms with van der Waals surface area (Å²) >= 11 is 4.33. The van der Waals surface area contributed by atoms with Crippen LogP contribution in [0.15, 0.2) is 173 Å². The Morgan fingerprint density at radius 3 is 1.95 bits per heavy atom. The Morgan fingerprint density at radius 2 is 1.42 bits per heavy atom. The van der Waals surface area contributed by atoms with Crippen molar-refractivity contribution >= 4 is 63.5 Å². The van der Waals surface area contributed by atoms with Crippen molar-refractivity contribution in [2.75, 3.05) is 30.5 Å². The molecule has 3 aliphatic heterocycles. The number of β-lactam (4-membered cyclic amide) rings is 1. The molecule has 5 aromatic carbocycles. The third kappa shape index (κ3) is 8.83. The quantitative estimate of drug-likeness (QED) is 0.0320. The van der Waals surface area contributed by atoms with Gasteiger partial charge in [-0.2, -0.15) is 0 Å². The maximum Gasteiger partial charge on any atom is 0.356 e. The van der Waals surface area contributed by atoms with Gasteiger partial charge in [-0.15, -0.1) is 34.9 Å². The summed E-state index contributed by atoms with van der Waals surface area (Å²) in [5, 5.41) is 12.5. The minimum atomic E-state index is -0.954. The molecule has 0 saturated carbocycles. The van der Waals surface area contributed by atoms with E-state index >= 15 is 0 Å². The second-order valence-electron chi connectivity index (χ2n) is 15.3. The highest BCUT2D eigenvalue weighted by Gasteiger charge is 2.55. The molecule has 2 amide bonds. The van der Waals surface area contributed by atoms with Crippen LogP contribution in [0.4, 0.5) is 5.13 Å². The molecule has 64 heavy (non-hydrogen) atoms. The zero-order chi connectivity index (χ0) is 43.9. The number of carbonyl (C=O) groups is 3. The van der Waals surface area contributed by atoms with Gasteiger partial charge < -0.3 is 24.9 Å². The van der Waals surface area contributed by atoms with Crippen LogP contribution in [0.1, 0.15) is 52.5 Å². The van der Waals surface area contributed by atoms with Crippen molar-refractivity contribution in [3.05, 3.63) is 201 Å². The second-order valence-corrected chi connectivity index (χ2v) is 18.4. The van der Waals surface area contributed by atoms with Gasteiger partial charge >= 0.3 is 5.97 Å². The number of rotatable bonds is 16. The molecule has 3 atom stereocenters. The molecule has 6 aromatic rings. The van der Waals surface area contributed by atoms with Gasteiger partial charge in [0.2, 0.25) is 0 Å². The van der Waals surface area contributed by atoms with Crippen LogP contribution in [-0.2, 0) is 34.2 Å². The van der Waals surface area contributed by atoms with Crippen LogP contribution in [0.2, 0.25) is 0 Å². The summed E-state index contributed by atoms with van der Waals surface area (Å²) in [5.74, 6) is -0.601. The van der Waals surface area contributed by atoms with Gasteiger partial charge in [0.1, 0.15) is 35.5 Å². The Kier molecular flexibility index (Phi) is 13.3. The number of carbonyl (C=O) groups excluding carboxylic acids is 3. The van der Waals surface area contributed by atoms with Crippen molar-refractivity contribution in [1.82, 2.24) is 15.2 Å². The standard InChI is InChI=1S/C50H45N5O6S3/c1-59-54-41(39-31-64-49(51-39)53-50(35-22-11-4-12-23-35,36-24-13-5-14-25-36)37-26-15-6-16-27-37)45(56)52-42-46(57)55-43(40(32-63-47(42)55)62-30-38-28-17-29-60-38)48(58)61-44(33-18-7-2-8-19-33)34-20-9-3-10-21-34/h2-16,18-27,31,38,42,44,47H,17,28-30,32H2,1H3,(H,51,53)(H,52,56)/t38?,42?,47-/m0/s1. The number of esters is 1. The van der Waals surface area contributed by atoms with E-state index in [0.717, 1.165) is 45.6 Å². The van der Waals surface area contributed by atoms with E-state index in [1.165, 1.54) is 46.9 Å². The van der Waals surface area contributed by atoms with Gasteiger partial charge in [0.15, 0.2) is 16.9 Å². The topological polar surface area (TPSA) is 131 Å². The molecular formula is C50H45N5O6S3. The molecule has 2 fully saturated rings. The number of fused-ring (bicyclic) bond motifs is 1. The second kappa shape index (κ2) is 19.7. The Hall–Kier alpha value is -6.19. The molecular weight excluding hydrogens is 863 g/mol. The zero-order valence-corrected chi connectivity index (χ0v) is 37.3. The Morgan fingerprint density at radius 1 is 0.859 bits per heavy atom. The summed E-state index contributed by atoms with van der Waals surface area (Å²) in [4.78, 5) is 55.3. The highest BCUT2D eigenvalue weighted by Crippen LogP contribution is 2.45. The lowest BCUT2D eigenvalue weighted by atomic mass is 9.77. The first-order chi connectivity index (χ1) is 31.4. The van der Waals surface area contributed by atoms with Gasteiger partial charge in [-0.1, -0.05) is 157 Å². The van der Waals surface area contributed by atoms with Gasteiger partial charge in [0.25, 0.3) is 11.8 Å².